The second-order valence-corrected chi connectivity index (χ2v) is 8.56. The molecule has 1 aromatic heterocycles. The van der Waals surface area contributed by atoms with Crippen molar-refractivity contribution < 1.29 is 19.4 Å². The number of ether oxygens (including phenoxy) is 1. The number of hydrogen-bond acceptors (Lipinski definition) is 5. The summed E-state index contributed by atoms with van der Waals surface area (Å²) in [5.41, 5.74) is 4.64. The molecule has 2 heterocycles. The van der Waals surface area contributed by atoms with Crippen LogP contribution < -0.4 is 0 Å². The van der Waals surface area contributed by atoms with E-state index in [0.717, 1.165) is 16.1 Å². The van der Waals surface area contributed by atoms with Crippen LogP contribution in [-0.4, -0.2) is 46.7 Å². The van der Waals surface area contributed by atoms with Crippen molar-refractivity contribution >= 4 is 23.4 Å². The maximum absolute atomic E-state index is 12.8. The van der Waals surface area contributed by atoms with Crippen molar-refractivity contribution in [2.75, 3.05) is 19.7 Å². The van der Waals surface area contributed by atoms with Crippen molar-refractivity contribution in [1.29, 1.82) is 0 Å². The van der Waals surface area contributed by atoms with Crippen molar-refractivity contribution in [2.24, 2.45) is 5.92 Å². The predicted molar refractivity (Wildman–Crippen MR) is 113 cm³/mol. The zero-order valence-electron chi connectivity index (χ0n) is 16.1. The van der Waals surface area contributed by atoms with Crippen molar-refractivity contribution in [3.8, 4) is 11.1 Å². The van der Waals surface area contributed by atoms with Gasteiger partial charge in [-0.25, -0.2) is 9.78 Å². The molecular formula is C23H20N2O4S. The number of aliphatic carboxylic acids is 1. The van der Waals surface area contributed by atoms with Crippen LogP contribution in [-0.2, 0) is 9.53 Å². The molecule has 0 radical (unpaired) electrons. The second-order valence-electron chi connectivity index (χ2n) is 7.63. The van der Waals surface area contributed by atoms with Crippen molar-refractivity contribution in [2.45, 2.75) is 11.8 Å². The smallest absolute Gasteiger partial charge is 0.409 e. The summed E-state index contributed by atoms with van der Waals surface area (Å²) in [4.78, 5) is 30.3. The Morgan fingerprint density at radius 3 is 2.33 bits per heavy atom. The summed E-state index contributed by atoms with van der Waals surface area (Å²) >= 11 is 1.42. The number of aromatic nitrogens is 1. The van der Waals surface area contributed by atoms with E-state index in [1.54, 1.807) is 6.20 Å². The van der Waals surface area contributed by atoms with Gasteiger partial charge in [-0.3, -0.25) is 4.79 Å². The fourth-order valence-corrected chi connectivity index (χ4v) is 5.35. The van der Waals surface area contributed by atoms with E-state index in [-0.39, 0.29) is 25.0 Å². The van der Waals surface area contributed by atoms with Crippen LogP contribution in [0.15, 0.2) is 60.1 Å². The van der Waals surface area contributed by atoms with Gasteiger partial charge < -0.3 is 14.7 Å². The Kier molecular flexibility index (Phi) is 4.75. The van der Waals surface area contributed by atoms with Crippen molar-refractivity contribution in [1.82, 2.24) is 9.88 Å². The maximum Gasteiger partial charge on any atom is 0.409 e. The molecule has 3 aromatic rings. The van der Waals surface area contributed by atoms with E-state index in [4.69, 9.17) is 4.74 Å². The molecule has 30 heavy (non-hydrogen) atoms. The summed E-state index contributed by atoms with van der Waals surface area (Å²) in [6.45, 7) is 0.667. The first-order valence-electron chi connectivity index (χ1n) is 9.85. The molecule has 1 fully saturated rings. The number of carboxylic acid groups (broad SMARTS) is 1. The van der Waals surface area contributed by atoms with Gasteiger partial charge in [0.25, 0.3) is 0 Å². The van der Waals surface area contributed by atoms with E-state index < -0.39 is 18.0 Å². The maximum atomic E-state index is 12.8. The number of likely N-dealkylation sites (tertiary alicyclic amines) is 1. The monoisotopic (exact) mass is 420 g/mol. The number of hydrogen-bond donors (Lipinski definition) is 1. The summed E-state index contributed by atoms with van der Waals surface area (Å²) in [7, 11) is 0. The van der Waals surface area contributed by atoms with E-state index in [9.17, 15) is 14.7 Å². The van der Waals surface area contributed by atoms with Crippen LogP contribution in [0.3, 0.4) is 0 Å². The third-order valence-corrected chi connectivity index (χ3v) is 6.91. The van der Waals surface area contributed by atoms with Crippen LogP contribution in [0.4, 0.5) is 4.79 Å². The van der Waals surface area contributed by atoms with Gasteiger partial charge in [-0.2, -0.15) is 0 Å². The first kappa shape index (κ1) is 18.8. The van der Waals surface area contributed by atoms with Crippen LogP contribution in [0.25, 0.3) is 11.1 Å². The lowest BCUT2D eigenvalue weighted by Gasteiger charge is -2.19. The van der Waals surface area contributed by atoms with Crippen molar-refractivity contribution in [3.63, 3.8) is 0 Å². The zero-order chi connectivity index (χ0) is 20.7. The molecule has 2 aromatic carbocycles. The van der Waals surface area contributed by atoms with Gasteiger partial charge in [0.1, 0.15) is 6.61 Å². The van der Waals surface area contributed by atoms with Crippen molar-refractivity contribution in [3.05, 3.63) is 76.2 Å². The molecule has 1 aliphatic carbocycles. The Labute approximate surface area is 177 Å². The molecule has 0 saturated carbocycles. The third-order valence-electron chi connectivity index (χ3n) is 6.00. The molecule has 1 amide bonds. The molecule has 7 heteroatoms. The Morgan fingerprint density at radius 1 is 1.07 bits per heavy atom. The molecule has 2 atom stereocenters. The number of amides is 1. The van der Waals surface area contributed by atoms with Gasteiger partial charge in [0.15, 0.2) is 0 Å². The molecule has 0 bridgehead atoms. The first-order chi connectivity index (χ1) is 14.6. The zero-order valence-corrected chi connectivity index (χ0v) is 16.9. The molecule has 0 spiro atoms. The molecule has 1 N–H and O–H groups in total. The fourth-order valence-electron chi connectivity index (χ4n) is 4.56. The number of carbonyl (C=O) groups excluding carboxylic acids is 1. The number of thiazole rings is 1. The topological polar surface area (TPSA) is 79.7 Å². The van der Waals surface area contributed by atoms with Crippen LogP contribution in [0.5, 0.6) is 0 Å². The Bertz CT molecular complexity index is 1050. The number of nitrogens with zero attached hydrogens (tertiary/aromatic N) is 2. The molecule has 1 saturated heterocycles. The number of carbonyl (C=O) groups is 2. The number of rotatable bonds is 4. The fraction of sp³-hybridized carbons (Fsp3) is 0.261. The molecule has 152 valence electrons. The normalized spacial score (nSPS) is 20.1. The summed E-state index contributed by atoms with van der Waals surface area (Å²) in [6.07, 6.45) is 1.19. The van der Waals surface area contributed by atoms with E-state index in [1.165, 1.54) is 27.4 Å². The minimum absolute atomic E-state index is 0.0195. The van der Waals surface area contributed by atoms with E-state index in [2.05, 4.69) is 29.2 Å². The molecule has 2 aliphatic rings. The lowest BCUT2D eigenvalue weighted by molar-refractivity contribution is -0.141. The minimum atomic E-state index is -0.913. The van der Waals surface area contributed by atoms with Crippen LogP contribution in [0, 0.1) is 5.92 Å². The van der Waals surface area contributed by atoms with E-state index in [1.807, 2.05) is 29.6 Å². The van der Waals surface area contributed by atoms with Crippen LogP contribution in [0.2, 0.25) is 0 Å². The Hall–Kier alpha value is -3.19. The molecule has 2 unspecified atom stereocenters. The van der Waals surface area contributed by atoms with Gasteiger partial charge in [-0.15, -0.1) is 11.3 Å². The first-order valence-corrected chi connectivity index (χ1v) is 10.7. The lowest BCUT2D eigenvalue weighted by atomic mass is 9.97. The molecule has 5 rings (SSSR count). The van der Waals surface area contributed by atoms with Gasteiger partial charge in [0.2, 0.25) is 0 Å². The molecule has 1 aliphatic heterocycles. The van der Waals surface area contributed by atoms with Gasteiger partial charge in [-0.05, 0) is 22.3 Å². The number of carboxylic acids is 1. The van der Waals surface area contributed by atoms with E-state index >= 15 is 0 Å². The predicted octanol–water partition coefficient (Wildman–Crippen LogP) is 4.19. The Balaban J connectivity index is 1.32. The average Bonchev–Trinajstić information content (AvgIpc) is 3.49. The van der Waals surface area contributed by atoms with E-state index in [0.29, 0.717) is 6.54 Å². The molecule has 6 nitrogen and oxygen atoms in total. The number of fused-ring (bicyclic) bond motifs is 3. The summed E-state index contributed by atoms with van der Waals surface area (Å²) in [6, 6.07) is 16.3. The second kappa shape index (κ2) is 7.57. The highest BCUT2D eigenvalue weighted by Gasteiger charge is 2.42. The third kappa shape index (κ3) is 3.15. The average molecular weight is 420 g/mol. The summed E-state index contributed by atoms with van der Waals surface area (Å²) < 4.78 is 5.69. The molecular weight excluding hydrogens is 400 g/mol. The summed E-state index contributed by atoms with van der Waals surface area (Å²) in [5.74, 6) is -1.90. The highest BCUT2D eigenvalue weighted by molar-refractivity contribution is 7.09. The Morgan fingerprint density at radius 2 is 1.73 bits per heavy atom. The van der Waals surface area contributed by atoms with Gasteiger partial charge in [-0.1, -0.05) is 48.5 Å². The quantitative estimate of drug-likeness (QED) is 0.685. The standard InChI is InChI=1S/C23H20N2O4S/c26-22(27)19-12-25(11-18(19)21-24-9-10-30-21)23(28)29-13-20-16-7-3-1-5-14(16)15-6-2-4-8-17(15)20/h1-10,18-20H,11-13H2,(H,26,27). The highest BCUT2D eigenvalue weighted by Crippen LogP contribution is 2.44. The summed E-state index contributed by atoms with van der Waals surface area (Å²) in [5, 5.41) is 12.2. The largest absolute Gasteiger partial charge is 0.481 e. The highest BCUT2D eigenvalue weighted by atomic mass is 32.1. The van der Waals surface area contributed by atoms with Crippen LogP contribution >= 0.6 is 11.3 Å². The van der Waals surface area contributed by atoms with Crippen LogP contribution in [0.1, 0.15) is 28.0 Å². The SMILES string of the molecule is O=C(O)C1CN(C(=O)OCC2c3ccccc3-c3ccccc32)CC1c1nccs1. The van der Waals surface area contributed by atoms with Gasteiger partial charge in [0.05, 0.1) is 10.9 Å². The van der Waals surface area contributed by atoms with Gasteiger partial charge >= 0.3 is 12.1 Å². The lowest BCUT2D eigenvalue weighted by Crippen LogP contribution is -2.31. The van der Waals surface area contributed by atoms with Gasteiger partial charge in [0, 0.05) is 36.5 Å². The minimum Gasteiger partial charge on any atom is -0.481 e. The number of benzene rings is 2.